The Morgan fingerprint density at radius 2 is 1.50 bits per heavy atom. The fourth-order valence-corrected chi connectivity index (χ4v) is 4.40. The monoisotopic (exact) mass is 446 g/mol. The molecule has 5 nitrogen and oxygen atoms in total. The van der Waals surface area contributed by atoms with Crippen LogP contribution >= 0.6 is 0 Å². The molecule has 0 aliphatic carbocycles. The van der Waals surface area contributed by atoms with Crippen molar-refractivity contribution in [1.29, 1.82) is 0 Å². The number of benzene rings is 1. The first-order valence-electron chi connectivity index (χ1n) is 13.0. The van der Waals surface area contributed by atoms with Crippen molar-refractivity contribution in [2.24, 2.45) is 0 Å². The Balaban J connectivity index is 1.66. The van der Waals surface area contributed by atoms with Crippen molar-refractivity contribution >= 4 is 5.91 Å². The third kappa shape index (κ3) is 11.4. The standard InChI is InChI=1S/C27H46N2O3/c1-2-3-4-5-6-7-8-9-10-11-15-18-26(30)28-25(23-29-19-21-32-22-20-29)27(31)24-16-13-12-14-17-24/h12-14,16-17,25,27,31H,2-11,15,18-23H2,1H3,(H,28,30)/t25-,27-/m0/s1. The van der Waals surface area contributed by atoms with Gasteiger partial charge in [0.1, 0.15) is 6.10 Å². The van der Waals surface area contributed by atoms with Gasteiger partial charge in [-0.25, -0.2) is 0 Å². The third-order valence-electron chi connectivity index (χ3n) is 6.43. The maximum Gasteiger partial charge on any atom is 0.220 e. The molecule has 1 aliphatic heterocycles. The van der Waals surface area contributed by atoms with Gasteiger partial charge in [-0.3, -0.25) is 9.69 Å². The number of hydrogen-bond donors (Lipinski definition) is 2. The molecule has 1 amide bonds. The summed E-state index contributed by atoms with van der Waals surface area (Å²) in [7, 11) is 0. The number of hydrogen-bond acceptors (Lipinski definition) is 4. The minimum Gasteiger partial charge on any atom is -0.386 e. The first-order valence-corrected chi connectivity index (χ1v) is 13.0. The van der Waals surface area contributed by atoms with Crippen LogP contribution in [0.5, 0.6) is 0 Å². The Morgan fingerprint density at radius 3 is 2.09 bits per heavy atom. The van der Waals surface area contributed by atoms with Gasteiger partial charge >= 0.3 is 0 Å². The summed E-state index contributed by atoms with van der Waals surface area (Å²) in [6, 6.07) is 9.34. The van der Waals surface area contributed by atoms with Gasteiger partial charge < -0.3 is 15.2 Å². The number of amides is 1. The number of unbranched alkanes of at least 4 members (excludes halogenated alkanes) is 10. The van der Waals surface area contributed by atoms with Crippen LogP contribution in [0.4, 0.5) is 0 Å². The van der Waals surface area contributed by atoms with Crippen LogP contribution in [0.15, 0.2) is 30.3 Å². The Morgan fingerprint density at radius 1 is 0.938 bits per heavy atom. The summed E-state index contributed by atoms with van der Waals surface area (Å²) < 4.78 is 5.44. The average Bonchev–Trinajstić information content (AvgIpc) is 2.83. The number of aliphatic hydroxyl groups excluding tert-OH is 1. The predicted molar refractivity (Wildman–Crippen MR) is 132 cm³/mol. The van der Waals surface area contributed by atoms with Gasteiger partial charge in [0.05, 0.1) is 19.3 Å². The molecule has 182 valence electrons. The van der Waals surface area contributed by atoms with Gasteiger partial charge in [0, 0.05) is 26.1 Å². The van der Waals surface area contributed by atoms with Gasteiger partial charge in [-0.15, -0.1) is 0 Å². The fourth-order valence-electron chi connectivity index (χ4n) is 4.40. The second-order valence-electron chi connectivity index (χ2n) is 9.23. The Bertz CT molecular complexity index is 590. The molecule has 1 saturated heterocycles. The van der Waals surface area contributed by atoms with Gasteiger partial charge in [-0.2, -0.15) is 0 Å². The van der Waals surface area contributed by atoms with Crippen LogP contribution in [0.25, 0.3) is 0 Å². The average molecular weight is 447 g/mol. The molecule has 0 saturated carbocycles. The van der Waals surface area contributed by atoms with Crippen LogP contribution in [0.1, 0.15) is 95.6 Å². The molecule has 1 fully saturated rings. The number of nitrogens with one attached hydrogen (secondary N) is 1. The molecule has 1 aliphatic rings. The molecule has 0 radical (unpaired) electrons. The zero-order valence-corrected chi connectivity index (χ0v) is 20.3. The van der Waals surface area contributed by atoms with E-state index in [2.05, 4.69) is 17.1 Å². The lowest BCUT2D eigenvalue weighted by atomic mass is 10.0. The van der Waals surface area contributed by atoms with Crippen LogP contribution in [-0.2, 0) is 9.53 Å². The van der Waals surface area contributed by atoms with Gasteiger partial charge in [-0.1, -0.05) is 101 Å². The summed E-state index contributed by atoms with van der Waals surface area (Å²) in [5.74, 6) is 0.0502. The first kappa shape index (κ1) is 26.8. The third-order valence-corrected chi connectivity index (χ3v) is 6.43. The number of ether oxygens (including phenoxy) is 1. The molecule has 1 aromatic rings. The Hall–Kier alpha value is -1.43. The molecule has 1 heterocycles. The highest BCUT2D eigenvalue weighted by Gasteiger charge is 2.26. The van der Waals surface area contributed by atoms with E-state index in [1.54, 1.807) is 0 Å². The minimum atomic E-state index is -0.708. The molecule has 2 atom stereocenters. The summed E-state index contributed by atoms with van der Waals surface area (Å²) in [4.78, 5) is 14.9. The summed E-state index contributed by atoms with van der Waals surface area (Å²) in [5, 5.41) is 14.1. The quantitative estimate of drug-likeness (QED) is 0.321. The smallest absolute Gasteiger partial charge is 0.220 e. The molecule has 0 unspecified atom stereocenters. The molecule has 0 bridgehead atoms. The largest absolute Gasteiger partial charge is 0.386 e. The van der Waals surface area contributed by atoms with E-state index in [0.29, 0.717) is 26.2 Å². The fraction of sp³-hybridized carbons (Fsp3) is 0.741. The lowest BCUT2D eigenvalue weighted by molar-refractivity contribution is -0.123. The van der Waals surface area contributed by atoms with Gasteiger partial charge in [0.25, 0.3) is 0 Å². The summed E-state index contributed by atoms with van der Waals surface area (Å²) in [6.45, 7) is 6.00. The molecule has 1 aromatic carbocycles. The zero-order valence-electron chi connectivity index (χ0n) is 20.3. The van der Waals surface area contributed by atoms with Crippen LogP contribution in [0.3, 0.4) is 0 Å². The normalized spacial score (nSPS) is 16.6. The Kier molecular flexibility index (Phi) is 14.3. The maximum atomic E-state index is 12.6. The number of carbonyl (C=O) groups excluding carboxylic acids is 1. The second-order valence-corrected chi connectivity index (χ2v) is 9.23. The zero-order chi connectivity index (χ0) is 22.9. The van der Waals surface area contributed by atoms with E-state index >= 15 is 0 Å². The van der Waals surface area contributed by atoms with E-state index in [-0.39, 0.29) is 11.9 Å². The van der Waals surface area contributed by atoms with Crippen molar-refractivity contribution in [3.8, 4) is 0 Å². The number of nitrogens with zero attached hydrogens (tertiary/aromatic N) is 1. The van der Waals surface area contributed by atoms with Crippen molar-refractivity contribution in [1.82, 2.24) is 10.2 Å². The van der Waals surface area contributed by atoms with Crippen molar-refractivity contribution in [3.05, 3.63) is 35.9 Å². The van der Waals surface area contributed by atoms with E-state index in [1.165, 1.54) is 57.8 Å². The topological polar surface area (TPSA) is 61.8 Å². The highest BCUT2D eigenvalue weighted by atomic mass is 16.5. The van der Waals surface area contributed by atoms with Crippen molar-refractivity contribution in [2.45, 2.75) is 96.1 Å². The van der Waals surface area contributed by atoms with Crippen LogP contribution in [0.2, 0.25) is 0 Å². The summed E-state index contributed by atoms with van der Waals surface area (Å²) >= 11 is 0. The lowest BCUT2D eigenvalue weighted by Crippen LogP contribution is -2.49. The van der Waals surface area contributed by atoms with Crippen LogP contribution < -0.4 is 5.32 Å². The highest BCUT2D eigenvalue weighted by molar-refractivity contribution is 5.76. The van der Waals surface area contributed by atoms with Crippen molar-refractivity contribution < 1.29 is 14.6 Å². The maximum absolute atomic E-state index is 12.6. The molecule has 0 spiro atoms. The van der Waals surface area contributed by atoms with Gasteiger partial charge in [0.2, 0.25) is 5.91 Å². The van der Waals surface area contributed by atoms with Crippen molar-refractivity contribution in [3.63, 3.8) is 0 Å². The highest BCUT2D eigenvalue weighted by Crippen LogP contribution is 2.19. The molecule has 0 aromatic heterocycles. The number of aliphatic hydroxyl groups is 1. The number of morpholine rings is 1. The van der Waals surface area contributed by atoms with Crippen LogP contribution in [-0.4, -0.2) is 54.8 Å². The molecular formula is C27H46N2O3. The van der Waals surface area contributed by atoms with E-state index < -0.39 is 6.10 Å². The SMILES string of the molecule is CCCCCCCCCCCCCC(=O)N[C@@H](CN1CCOCC1)[C@@H](O)c1ccccc1. The van der Waals surface area contributed by atoms with Crippen molar-refractivity contribution in [2.75, 3.05) is 32.8 Å². The van der Waals surface area contributed by atoms with Crippen LogP contribution in [0, 0.1) is 0 Å². The van der Waals surface area contributed by atoms with E-state index in [0.717, 1.165) is 31.5 Å². The van der Waals surface area contributed by atoms with Gasteiger partial charge in [0.15, 0.2) is 0 Å². The Labute approximate surface area is 195 Å². The van der Waals surface area contributed by atoms with E-state index in [1.807, 2.05) is 30.3 Å². The minimum absolute atomic E-state index is 0.0502. The van der Waals surface area contributed by atoms with E-state index in [9.17, 15) is 9.90 Å². The molecular weight excluding hydrogens is 400 g/mol. The molecule has 5 heteroatoms. The number of rotatable bonds is 17. The summed E-state index contributed by atoms with van der Waals surface area (Å²) in [5.41, 5.74) is 0.848. The second kappa shape index (κ2) is 17.1. The van der Waals surface area contributed by atoms with Gasteiger partial charge in [-0.05, 0) is 12.0 Å². The predicted octanol–water partition coefficient (Wildman–Crippen LogP) is 5.24. The molecule has 2 rings (SSSR count). The summed E-state index contributed by atoms with van der Waals surface area (Å²) in [6.07, 6.45) is 13.9. The molecule has 32 heavy (non-hydrogen) atoms. The molecule has 2 N–H and O–H groups in total. The number of carbonyl (C=O) groups is 1. The first-order chi connectivity index (χ1) is 15.7. The lowest BCUT2D eigenvalue weighted by Gasteiger charge is -2.33. The van der Waals surface area contributed by atoms with E-state index in [4.69, 9.17) is 4.74 Å².